The van der Waals surface area contributed by atoms with Gasteiger partial charge in [-0.15, -0.1) is 0 Å². The van der Waals surface area contributed by atoms with Gasteiger partial charge in [0, 0.05) is 5.56 Å². The van der Waals surface area contributed by atoms with Crippen LogP contribution in [0.2, 0.25) is 0 Å². The lowest BCUT2D eigenvalue weighted by molar-refractivity contribution is 0.110. The molecule has 0 fully saturated rings. The van der Waals surface area contributed by atoms with Crippen molar-refractivity contribution < 1.29 is 13.6 Å². The molecule has 2 aromatic rings. The number of carbonyl (C=O) groups is 1. The standard InChI is InChI=1S/C12H9FO2/c1-8-2-3-9(13)6-11(8)12-5-4-10(7-14)15-12/h2-7H,1H3. The number of benzene rings is 1. The molecule has 0 atom stereocenters. The number of rotatable bonds is 2. The second-order valence-corrected chi connectivity index (χ2v) is 3.28. The van der Waals surface area contributed by atoms with Gasteiger partial charge in [-0.1, -0.05) is 6.07 Å². The third-order valence-corrected chi connectivity index (χ3v) is 2.21. The third-order valence-electron chi connectivity index (χ3n) is 2.21. The van der Waals surface area contributed by atoms with Crippen LogP contribution in [0.1, 0.15) is 16.1 Å². The van der Waals surface area contributed by atoms with E-state index in [1.807, 2.05) is 6.92 Å². The Labute approximate surface area is 86.3 Å². The fraction of sp³-hybridized carbons (Fsp3) is 0.0833. The molecular formula is C12H9FO2. The molecule has 0 aliphatic carbocycles. The summed E-state index contributed by atoms with van der Waals surface area (Å²) in [7, 11) is 0. The number of carbonyl (C=O) groups excluding carboxylic acids is 1. The van der Waals surface area contributed by atoms with Crippen molar-refractivity contribution in [1.29, 1.82) is 0 Å². The first-order valence-corrected chi connectivity index (χ1v) is 4.52. The first-order chi connectivity index (χ1) is 7.20. The molecule has 1 aromatic carbocycles. The summed E-state index contributed by atoms with van der Waals surface area (Å²) in [6.07, 6.45) is 0.623. The lowest BCUT2D eigenvalue weighted by atomic mass is 10.1. The summed E-state index contributed by atoms with van der Waals surface area (Å²) in [6.45, 7) is 1.86. The van der Waals surface area contributed by atoms with Gasteiger partial charge in [-0.25, -0.2) is 4.39 Å². The molecule has 0 bridgehead atoms. The van der Waals surface area contributed by atoms with Crippen LogP contribution in [0, 0.1) is 12.7 Å². The fourth-order valence-corrected chi connectivity index (χ4v) is 1.42. The summed E-state index contributed by atoms with van der Waals surface area (Å²) in [5.74, 6) is 0.433. The van der Waals surface area contributed by atoms with E-state index in [0.717, 1.165) is 5.56 Å². The van der Waals surface area contributed by atoms with Crippen LogP contribution in [-0.2, 0) is 0 Å². The quantitative estimate of drug-likeness (QED) is 0.703. The largest absolute Gasteiger partial charge is 0.453 e. The number of halogens is 1. The van der Waals surface area contributed by atoms with Crippen LogP contribution in [0.3, 0.4) is 0 Å². The number of hydrogen-bond acceptors (Lipinski definition) is 2. The highest BCUT2D eigenvalue weighted by atomic mass is 19.1. The lowest BCUT2D eigenvalue weighted by Gasteiger charge is -2.01. The maximum Gasteiger partial charge on any atom is 0.185 e. The molecule has 0 saturated heterocycles. The Bertz CT molecular complexity index is 500. The van der Waals surface area contributed by atoms with Gasteiger partial charge in [-0.05, 0) is 36.8 Å². The van der Waals surface area contributed by atoms with Crippen LogP contribution in [0.15, 0.2) is 34.7 Å². The van der Waals surface area contributed by atoms with Gasteiger partial charge < -0.3 is 4.42 Å². The minimum atomic E-state index is -0.320. The Morgan fingerprint density at radius 1 is 1.27 bits per heavy atom. The molecule has 0 aliphatic rings. The second-order valence-electron chi connectivity index (χ2n) is 3.28. The molecule has 0 amide bonds. The van der Waals surface area contributed by atoms with E-state index in [4.69, 9.17) is 4.42 Å². The maximum absolute atomic E-state index is 13.0. The maximum atomic E-state index is 13.0. The zero-order valence-corrected chi connectivity index (χ0v) is 8.16. The van der Waals surface area contributed by atoms with E-state index >= 15 is 0 Å². The third kappa shape index (κ3) is 1.81. The van der Waals surface area contributed by atoms with Gasteiger partial charge in [0.25, 0.3) is 0 Å². The molecule has 1 heterocycles. The van der Waals surface area contributed by atoms with Crippen LogP contribution < -0.4 is 0 Å². The topological polar surface area (TPSA) is 30.2 Å². The van der Waals surface area contributed by atoms with Crippen LogP contribution in [0.25, 0.3) is 11.3 Å². The smallest absolute Gasteiger partial charge is 0.185 e. The number of aryl methyl sites for hydroxylation is 1. The average Bonchev–Trinajstić information content (AvgIpc) is 2.70. The summed E-state index contributed by atoms with van der Waals surface area (Å²) in [6, 6.07) is 7.68. The van der Waals surface area contributed by atoms with Crippen molar-refractivity contribution in [2.45, 2.75) is 6.92 Å². The molecule has 0 unspecified atom stereocenters. The predicted octanol–water partition coefficient (Wildman–Crippen LogP) is 3.21. The Balaban J connectivity index is 2.52. The van der Waals surface area contributed by atoms with Gasteiger partial charge >= 0.3 is 0 Å². The van der Waals surface area contributed by atoms with Gasteiger partial charge in [-0.2, -0.15) is 0 Å². The fourth-order valence-electron chi connectivity index (χ4n) is 1.42. The number of furan rings is 1. The van der Waals surface area contributed by atoms with Crippen LogP contribution in [0.4, 0.5) is 4.39 Å². The monoisotopic (exact) mass is 204 g/mol. The molecule has 1 aromatic heterocycles. The van der Waals surface area contributed by atoms with Crippen molar-refractivity contribution in [2.75, 3.05) is 0 Å². The number of aldehydes is 1. The van der Waals surface area contributed by atoms with Crippen molar-refractivity contribution in [2.24, 2.45) is 0 Å². The summed E-state index contributed by atoms with van der Waals surface area (Å²) >= 11 is 0. The Morgan fingerprint density at radius 2 is 2.07 bits per heavy atom. The van der Waals surface area contributed by atoms with Crippen LogP contribution in [-0.4, -0.2) is 6.29 Å². The molecule has 2 rings (SSSR count). The van der Waals surface area contributed by atoms with Gasteiger partial charge in [0.1, 0.15) is 11.6 Å². The highest BCUT2D eigenvalue weighted by Gasteiger charge is 2.07. The number of hydrogen-bond donors (Lipinski definition) is 0. The van der Waals surface area contributed by atoms with E-state index < -0.39 is 0 Å². The Morgan fingerprint density at radius 3 is 2.73 bits per heavy atom. The molecule has 76 valence electrons. The molecular weight excluding hydrogens is 195 g/mol. The highest BCUT2D eigenvalue weighted by Crippen LogP contribution is 2.25. The van der Waals surface area contributed by atoms with Gasteiger partial charge in [-0.3, -0.25) is 4.79 Å². The van der Waals surface area contributed by atoms with E-state index in [1.165, 1.54) is 12.1 Å². The molecule has 0 radical (unpaired) electrons. The van der Waals surface area contributed by atoms with E-state index in [-0.39, 0.29) is 11.6 Å². The van der Waals surface area contributed by atoms with Crippen LogP contribution >= 0.6 is 0 Å². The molecule has 0 aliphatic heterocycles. The lowest BCUT2D eigenvalue weighted by Crippen LogP contribution is -1.83. The van der Waals surface area contributed by atoms with Crippen molar-refractivity contribution in [3.05, 3.63) is 47.5 Å². The first kappa shape index (κ1) is 9.65. The van der Waals surface area contributed by atoms with Crippen molar-refractivity contribution >= 4 is 6.29 Å². The van der Waals surface area contributed by atoms with Gasteiger partial charge in [0.15, 0.2) is 12.0 Å². The molecule has 0 N–H and O–H groups in total. The molecule has 0 saturated carbocycles. The Kier molecular flexibility index (Phi) is 2.37. The van der Waals surface area contributed by atoms with Crippen LogP contribution in [0.5, 0.6) is 0 Å². The molecule has 2 nitrogen and oxygen atoms in total. The minimum absolute atomic E-state index is 0.244. The average molecular weight is 204 g/mol. The highest BCUT2D eigenvalue weighted by molar-refractivity contribution is 5.73. The van der Waals surface area contributed by atoms with E-state index in [1.54, 1.807) is 18.2 Å². The summed E-state index contributed by atoms with van der Waals surface area (Å²) in [5.41, 5.74) is 1.58. The minimum Gasteiger partial charge on any atom is -0.453 e. The summed E-state index contributed by atoms with van der Waals surface area (Å²) < 4.78 is 18.2. The van der Waals surface area contributed by atoms with Gasteiger partial charge in [0.05, 0.1) is 0 Å². The van der Waals surface area contributed by atoms with Crippen molar-refractivity contribution in [3.63, 3.8) is 0 Å². The summed E-state index contributed by atoms with van der Waals surface area (Å²) in [5, 5.41) is 0. The molecule has 0 spiro atoms. The summed E-state index contributed by atoms with van der Waals surface area (Å²) in [4.78, 5) is 10.4. The Hall–Kier alpha value is -1.90. The first-order valence-electron chi connectivity index (χ1n) is 4.52. The second kappa shape index (κ2) is 3.69. The zero-order chi connectivity index (χ0) is 10.8. The normalized spacial score (nSPS) is 10.3. The predicted molar refractivity (Wildman–Crippen MR) is 54.2 cm³/mol. The zero-order valence-electron chi connectivity index (χ0n) is 8.16. The van der Waals surface area contributed by atoms with Crippen molar-refractivity contribution in [1.82, 2.24) is 0 Å². The molecule has 3 heteroatoms. The van der Waals surface area contributed by atoms with E-state index in [0.29, 0.717) is 17.6 Å². The van der Waals surface area contributed by atoms with Crippen molar-refractivity contribution in [3.8, 4) is 11.3 Å². The SMILES string of the molecule is Cc1ccc(F)cc1-c1ccc(C=O)o1. The molecule has 15 heavy (non-hydrogen) atoms. The van der Waals surface area contributed by atoms with E-state index in [2.05, 4.69) is 0 Å². The van der Waals surface area contributed by atoms with E-state index in [9.17, 15) is 9.18 Å². The van der Waals surface area contributed by atoms with Gasteiger partial charge in [0.2, 0.25) is 0 Å².